The lowest BCUT2D eigenvalue weighted by molar-refractivity contribution is -0.170. The molecule has 0 spiro atoms. The van der Waals surface area contributed by atoms with Gasteiger partial charge in [-0.05, 0) is 32.9 Å². The zero-order valence-electron chi connectivity index (χ0n) is 18.6. The van der Waals surface area contributed by atoms with Crippen LogP contribution in [0.2, 0.25) is 0 Å². The van der Waals surface area contributed by atoms with E-state index < -0.39 is 28.9 Å². The van der Waals surface area contributed by atoms with Crippen LogP contribution in [0.3, 0.4) is 0 Å². The summed E-state index contributed by atoms with van der Waals surface area (Å²) in [5.74, 6) is -4.49. The Morgan fingerprint density at radius 1 is 1.18 bits per heavy atom. The number of aromatic nitrogens is 3. The third-order valence-corrected chi connectivity index (χ3v) is 5.83. The van der Waals surface area contributed by atoms with Crippen LogP contribution in [0.15, 0.2) is 36.7 Å². The average molecular weight is 461 g/mol. The third-order valence-electron chi connectivity index (χ3n) is 5.83. The van der Waals surface area contributed by atoms with Gasteiger partial charge in [0.05, 0.1) is 48.4 Å². The molecule has 1 fully saturated rings. The van der Waals surface area contributed by atoms with Crippen molar-refractivity contribution in [1.29, 1.82) is 0 Å². The van der Waals surface area contributed by atoms with Gasteiger partial charge >= 0.3 is 5.92 Å². The summed E-state index contributed by atoms with van der Waals surface area (Å²) >= 11 is 0. The number of ether oxygens (including phenoxy) is 1. The van der Waals surface area contributed by atoms with E-state index in [4.69, 9.17) is 4.74 Å². The number of alkyl halides is 2. The highest BCUT2D eigenvalue weighted by atomic mass is 19.3. The third kappa shape index (κ3) is 4.45. The van der Waals surface area contributed by atoms with E-state index in [-0.39, 0.29) is 5.56 Å². The van der Waals surface area contributed by atoms with E-state index in [0.29, 0.717) is 29.9 Å². The molecule has 3 aromatic rings. The number of anilines is 2. The zero-order chi connectivity index (χ0) is 23.8. The number of benzene rings is 1. The van der Waals surface area contributed by atoms with E-state index in [0.717, 1.165) is 38.7 Å². The summed E-state index contributed by atoms with van der Waals surface area (Å²) in [5.41, 5.74) is -1.77. The number of halogens is 3. The molecule has 3 heterocycles. The number of hydrogen-bond donors (Lipinski definition) is 2. The fourth-order valence-corrected chi connectivity index (χ4v) is 3.79. The Hall–Kier alpha value is -2.98. The summed E-state index contributed by atoms with van der Waals surface area (Å²) < 4.78 is 49.9. The number of rotatable bonds is 6. The first-order chi connectivity index (χ1) is 15.6. The second-order valence-corrected chi connectivity index (χ2v) is 8.63. The van der Waals surface area contributed by atoms with Crippen molar-refractivity contribution in [2.75, 3.05) is 36.5 Å². The minimum Gasteiger partial charge on any atom is -0.384 e. The van der Waals surface area contributed by atoms with Crippen LogP contribution in [0.25, 0.3) is 10.9 Å². The van der Waals surface area contributed by atoms with E-state index in [2.05, 4.69) is 25.4 Å². The highest BCUT2D eigenvalue weighted by molar-refractivity contribution is 5.90. The first kappa shape index (κ1) is 23.2. The van der Waals surface area contributed by atoms with Gasteiger partial charge in [-0.25, -0.2) is 4.39 Å². The van der Waals surface area contributed by atoms with Crippen molar-refractivity contribution in [3.63, 3.8) is 0 Å². The number of nitrogens with one attached hydrogen (secondary N) is 1. The molecule has 0 aliphatic carbocycles. The second kappa shape index (κ2) is 8.75. The molecule has 2 N–H and O–H groups in total. The number of fused-ring (bicyclic) bond motifs is 1. The Labute approximate surface area is 189 Å². The maximum Gasteiger partial charge on any atom is 0.303 e. The number of aliphatic hydroxyl groups is 1. The molecule has 2 aromatic heterocycles. The first-order valence-electron chi connectivity index (χ1n) is 10.7. The average Bonchev–Trinajstić information content (AvgIpc) is 2.79. The van der Waals surface area contributed by atoms with Gasteiger partial charge in [-0.15, -0.1) is 5.10 Å². The number of pyridine rings is 1. The van der Waals surface area contributed by atoms with Crippen LogP contribution < -0.4 is 10.2 Å². The molecular formula is C23H26F3N5O2. The second-order valence-electron chi connectivity index (χ2n) is 8.63. The fraction of sp³-hybridized carbons (Fsp3) is 0.435. The van der Waals surface area contributed by atoms with E-state index in [1.165, 1.54) is 18.3 Å². The van der Waals surface area contributed by atoms with Crippen molar-refractivity contribution < 1.29 is 23.0 Å². The van der Waals surface area contributed by atoms with Crippen molar-refractivity contribution in [3.05, 3.63) is 53.6 Å². The first-order valence-corrected chi connectivity index (χ1v) is 10.7. The van der Waals surface area contributed by atoms with Gasteiger partial charge in [-0.3, -0.25) is 4.98 Å². The Balaban J connectivity index is 1.67. The van der Waals surface area contributed by atoms with Gasteiger partial charge in [0.15, 0.2) is 5.82 Å². The molecule has 10 heteroatoms. The molecule has 176 valence electrons. The number of hydrogen-bond acceptors (Lipinski definition) is 7. The lowest BCUT2D eigenvalue weighted by Gasteiger charge is -2.30. The highest BCUT2D eigenvalue weighted by Gasteiger charge is 2.49. The minimum absolute atomic E-state index is 0.0209. The lowest BCUT2D eigenvalue weighted by Crippen LogP contribution is -2.41. The van der Waals surface area contributed by atoms with E-state index in [1.54, 1.807) is 13.1 Å². The summed E-state index contributed by atoms with van der Waals surface area (Å²) in [6, 6.07) is 4.96. The van der Waals surface area contributed by atoms with Crippen molar-refractivity contribution >= 4 is 22.4 Å². The van der Waals surface area contributed by atoms with Crippen molar-refractivity contribution in [2.24, 2.45) is 0 Å². The Morgan fingerprint density at radius 2 is 1.91 bits per heavy atom. The van der Waals surface area contributed by atoms with Gasteiger partial charge < -0.3 is 20.1 Å². The molecule has 0 saturated carbocycles. The quantitative estimate of drug-likeness (QED) is 0.573. The summed E-state index contributed by atoms with van der Waals surface area (Å²) in [4.78, 5) is 6.61. The van der Waals surface area contributed by atoms with Crippen molar-refractivity contribution in [1.82, 2.24) is 15.2 Å². The predicted molar refractivity (Wildman–Crippen MR) is 119 cm³/mol. The molecule has 7 nitrogen and oxygen atoms in total. The SMILES string of the molecule is C[C@@H](Nc1nncc2ncc(N3CCOCC3)cc12)c1cccc(C(F)(F)C(C)(C)O)c1F. The molecular weight excluding hydrogens is 435 g/mol. The van der Waals surface area contributed by atoms with E-state index >= 15 is 4.39 Å². The van der Waals surface area contributed by atoms with Gasteiger partial charge in [0.25, 0.3) is 0 Å². The van der Waals surface area contributed by atoms with Crippen LogP contribution in [-0.4, -0.2) is 52.2 Å². The molecule has 1 aliphatic heterocycles. The van der Waals surface area contributed by atoms with Gasteiger partial charge in [-0.1, -0.05) is 12.1 Å². The largest absolute Gasteiger partial charge is 0.384 e. The van der Waals surface area contributed by atoms with Gasteiger partial charge in [-0.2, -0.15) is 13.9 Å². The molecule has 0 amide bonds. The minimum atomic E-state index is -3.77. The van der Waals surface area contributed by atoms with Crippen LogP contribution in [0.1, 0.15) is 37.9 Å². The molecule has 0 bridgehead atoms. The summed E-state index contributed by atoms with van der Waals surface area (Å²) in [7, 11) is 0. The van der Waals surface area contributed by atoms with Crippen molar-refractivity contribution in [3.8, 4) is 0 Å². The topological polar surface area (TPSA) is 83.4 Å². The van der Waals surface area contributed by atoms with Crippen LogP contribution >= 0.6 is 0 Å². The summed E-state index contributed by atoms with van der Waals surface area (Å²) in [6.45, 7) is 6.26. The molecule has 1 atom stereocenters. The molecule has 1 saturated heterocycles. The van der Waals surface area contributed by atoms with Crippen molar-refractivity contribution in [2.45, 2.75) is 38.3 Å². The summed E-state index contributed by atoms with van der Waals surface area (Å²) in [6.07, 6.45) is 3.28. The van der Waals surface area contributed by atoms with Gasteiger partial charge in [0.2, 0.25) is 0 Å². The number of nitrogens with zero attached hydrogens (tertiary/aromatic N) is 4. The van der Waals surface area contributed by atoms with Crippen LogP contribution in [0.5, 0.6) is 0 Å². The Bertz CT molecular complexity index is 1150. The monoisotopic (exact) mass is 461 g/mol. The fourth-order valence-electron chi connectivity index (χ4n) is 3.79. The maximum atomic E-state index is 15.2. The van der Waals surface area contributed by atoms with E-state index in [1.807, 2.05) is 6.07 Å². The molecule has 33 heavy (non-hydrogen) atoms. The Morgan fingerprint density at radius 3 is 2.61 bits per heavy atom. The lowest BCUT2D eigenvalue weighted by atomic mass is 9.91. The van der Waals surface area contributed by atoms with E-state index in [9.17, 15) is 13.9 Å². The smallest absolute Gasteiger partial charge is 0.303 e. The molecule has 0 radical (unpaired) electrons. The molecule has 1 aliphatic rings. The molecule has 0 unspecified atom stereocenters. The number of morpholine rings is 1. The van der Waals surface area contributed by atoms with Crippen LogP contribution in [-0.2, 0) is 10.7 Å². The van der Waals surface area contributed by atoms with Crippen LogP contribution in [0.4, 0.5) is 24.7 Å². The summed E-state index contributed by atoms with van der Waals surface area (Å²) in [5, 5.41) is 21.7. The standard InChI is InChI=1S/C23H26F3N5O2/c1-14(16-5-4-6-18(20(16)24)23(25,26)22(2,3)32)29-21-17-11-15(31-7-9-33-10-8-31)12-27-19(17)13-28-30-21/h4-6,11-14,32H,7-10H2,1-3H3,(H,29,30)/t14-/m1/s1. The molecule has 1 aromatic carbocycles. The highest BCUT2D eigenvalue weighted by Crippen LogP contribution is 2.41. The van der Waals surface area contributed by atoms with Gasteiger partial charge in [0.1, 0.15) is 11.4 Å². The predicted octanol–water partition coefficient (Wildman–Crippen LogP) is 4.04. The maximum absolute atomic E-state index is 15.2. The van der Waals surface area contributed by atoms with Gasteiger partial charge in [0, 0.05) is 24.0 Å². The Kier molecular flexibility index (Phi) is 6.15. The zero-order valence-corrected chi connectivity index (χ0v) is 18.6. The molecule has 4 rings (SSSR count). The normalized spacial score (nSPS) is 16.2. The van der Waals surface area contributed by atoms with Crippen LogP contribution in [0, 0.1) is 5.82 Å².